The van der Waals surface area contributed by atoms with E-state index in [1.54, 1.807) is 0 Å². The van der Waals surface area contributed by atoms with Gasteiger partial charge in [-0.3, -0.25) is 0 Å². The molecule has 5 heteroatoms. The first-order valence-electron chi connectivity index (χ1n) is 6.43. The van der Waals surface area contributed by atoms with E-state index in [9.17, 15) is 4.39 Å². The largest absolute Gasteiger partial charge is 0.310 e. The Hall–Kier alpha value is 0.0400. The summed E-state index contributed by atoms with van der Waals surface area (Å²) in [7, 11) is 0. The monoisotopic (exact) mass is 323 g/mol. The molecule has 19 heavy (non-hydrogen) atoms. The summed E-state index contributed by atoms with van der Waals surface area (Å²) >= 11 is 13.6. The quantitative estimate of drug-likeness (QED) is 0.513. The highest BCUT2D eigenvalue weighted by Crippen LogP contribution is 2.28. The van der Waals surface area contributed by atoms with E-state index in [1.165, 1.54) is 30.7 Å². The SMILES string of the molecule is CSCCCCCNC(C)c1cc(F)c(Cl)cc1Cl. The van der Waals surface area contributed by atoms with Gasteiger partial charge in [-0.1, -0.05) is 29.6 Å². The van der Waals surface area contributed by atoms with Crippen molar-refractivity contribution in [3.05, 3.63) is 33.6 Å². The highest BCUT2D eigenvalue weighted by molar-refractivity contribution is 7.98. The Morgan fingerprint density at radius 2 is 1.95 bits per heavy atom. The van der Waals surface area contributed by atoms with Crippen LogP contribution in [0.1, 0.15) is 37.8 Å². The van der Waals surface area contributed by atoms with Crippen LogP contribution in [0, 0.1) is 5.82 Å². The summed E-state index contributed by atoms with van der Waals surface area (Å²) in [5.41, 5.74) is 0.757. The minimum absolute atomic E-state index is 0.0276. The molecule has 0 radical (unpaired) electrons. The van der Waals surface area contributed by atoms with Crippen LogP contribution in [0.5, 0.6) is 0 Å². The van der Waals surface area contributed by atoms with Gasteiger partial charge in [0.15, 0.2) is 0 Å². The molecule has 1 aromatic rings. The molecule has 0 spiro atoms. The molecule has 0 bridgehead atoms. The smallest absolute Gasteiger partial charge is 0.142 e. The van der Waals surface area contributed by atoms with Crippen molar-refractivity contribution >= 4 is 35.0 Å². The number of halogens is 3. The second-order valence-electron chi connectivity index (χ2n) is 4.52. The Labute approximate surface area is 129 Å². The standard InChI is InChI=1S/C14H20Cl2FNS/c1-10(18-6-4-3-5-7-19-2)11-8-14(17)13(16)9-12(11)15/h8-10,18H,3-7H2,1-2H3. The Bertz CT molecular complexity index is 401. The zero-order valence-electron chi connectivity index (χ0n) is 11.3. The van der Waals surface area contributed by atoms with E-state index in [0.29, 0.717) is 5.02 Å². The topological polar surface area (TPSA) is 12.0 Å². The number of unbranched alkanes of at least 4 members (excludes halogenated alkanes) is 2. The fourth-order valence-electron chi connectivity index (χ4n) is 1.85. The first kappa shape index (κ1) is 17.1. The lowest BCUT2D eigenvalue weighted by atomic mass is 10.1. The fraction of sp³-hybridized carbons (Fsp3) is 0.571. The van der Waals surface area contributed by atoms with Gasteiger partial charge in [0, 0.05) is 11.1 Å². The second-order valence-corrected chi connectivity index (χ2v) is 6.32. The van der Waals surface area contributed by atoms with Crippen molar-refractivity contribution in [1.82, 2.24) is 5.32 Å². The molecule has 0 heterocycles. The van der Waals surface area contributed by atoms with Crippen LogP contribution in [-0.4, -0.2) is 18.6 Å². The number of hydrogen-bond acceptors (Lipinski definition) is 2. The lowest BCUT2D eigenvalue weighted by molar-refractivity contribution is 0.540. The average Bonchev–Trinajstić information content (AvgIpc) is 2.37. The second kappa shape index (κ2) is 9.06. The van der Waals surface area contributed by atoms with Gasteiger partial charge in [0.05, 0.1) is 5.02 Å². The van der Waals surface area contributed by atoms with E-state index in [0.717, 1.165) is 18.5 Å². The number of nitrogens with one attached hydrogen (secondary N) is 1. The molecule has 108 valence electrons. The first-order valence-corrected chi connectivity index (χ1v) is 8.58. The van der Waals surface area contributed by atoms with Crippen LogP contribution in [0.2, 0.25) is 10.0 Å². The molecular weight excluding hydrogens is 304 g/mol. The van der Waals surface area contributed by atoms with Gasteiger partial charge in [0.25, 0.3) is 0 Å². The predicted octanol–water partition coefficient (Wildman–Crippen LogP) is 5.32. The van der Waals surface area contributed by atoms with Crippen LogP contribution in [0.4, 0.5) is 4.39 Å². The van der Waals surface area contributed by atoms with Crippen molar-refractivity contribution in [3.63, 3.8) is 0 Å². The molecule has 0 aliphatic heterocycles. The van der Waals surface area contributed by atoms with Crippen LogP contribution in [0.25, 0.3) is 0 Å². The molecule has 0 aliphatic carbocycles. The molecule has 1 rings (SSSR count). The fourth-order valence-corrected chi connectivity index (χ4v) is 2.89. The van der Waals surface area contributed by atoms with E-state index in [-0.39, 0.29) is 11.1 Å². The number of hydrogen-bond donors (Lipinski definition) is 1. The van der Waals surface area contributed by atoms with E-state index in [4.69, 9.17) is 23.2 Å². The zero-order chi connectivity index (χ0) is 14.3. The van der Waals surface area contributed by atoms with E-state index < -0.39 is 5.82 Å². The normalized spacial score (nSPS) is 12.7. The Morgan fingerprint density at radius 1 is 1.21 bits per heavy atom. The van der Waals surface area contributed by atoms with Gasteiger partial charge in [-0.25, -0.2) is 4.39 Å². The molecule has 1 nitrogen and oxygen atoms in total. The molecule has 0 aromatic heterocycles. The maximum Gasteiger partial charge on any atom is 0.142 e. The third kappa shape index (κ3) is 5.90. The molecular formula is C14H20Cl2FNS. The van der Waals surface area contributed by atoms with Crippen molar-refractivity contribution in [2.24, 2.45) is 0 Å². The number of thioether (sulfide) groups is 1. The summed E-state index contributed by atoms with van der Waals surface area (Å²) in [6.45, 7) is 2.90. The number of benzene rings is 1. The maximum absolute atomic E-state index is 13.4. The van der Waals surface area contributed by atoms with Crippen LogP contribution in [-0.2, 0) is 0 Å². The summed E-state index contributed by atoms with van der Waals surface area (Å²) in [5.74, 6) is 0.790. The Balaban J connectivity index is 2.41. The predicted molar refractivity (Wildman–Crippen MR) is 85.1 cm³/mol. The molecule has 1 aromatic carbocycles. The molecule has 0 aliphatic rings. The van der Waals surface area contributed by atoms with Gasteiger partial charge in [0.2, 0.25) is 0 Å². The van der Waals surface area contributed by atoms with Gasteiger partial charge in [0.1, 0.15) is 5.82 Å². The molecule has 0 saturated heterocycles. The summed E-state index contributed by atoms with van der Waals surface area (Å²) < 4.78 is 13.4. The summed E-state index contributed by atoms with van der Waals surface area (Å²) in [6.07, 6.45) is 5.70. The van der Waals surface area contributed by atoms with Crippen molar-refractivity contribution in [2.75, 3.05) is 18.6 Å². The minimum Gasteiger partial charge on any atom is -0.310 e. The average molecular weight is 324 g/mol. The molecule has 0 saturated carbocycles. The molecule has 0 amide bonds. The van der Waals surface area contributed by atoms with E-state index >= 15 is 0 Å². The van der Waals surface area contributed by atoms with Gasteiger partial charge < -0.3 is 5.32 Å². The van der Waals surface area contributed by atoms with Crippen molar-refractivity contribution in [1.29, 1.82) is 0 Å². The van der Waals surface area contributed by atoms with Crippen molar-refractivity contribution < 1.29 is 4.39 Å². The van der Waals surface area contributed by atoms with Gasteiger partial charge in [-0.15, -0.1) is 0 Å². The lowest BCUT2D eigenvalue weighted by Gasteiger charge is -2.16. The highest BCUT2D eigenvalue weighted by Gasteiger charge is 2.12. The van der Waals surface area contributed by atoms with Crippen LogP contribution < -0.4 is 5.32 Å². The van der Waals surface area contributed by atoms with E-state index in [1.807, 2.05) is 18.7 Å². The first-order chi connectivity index (χ1) is 9.06. The maximum atomic E-state index is 13.4. The summed E-state index contributed by atoms with van der Waals surface area (Å²) in [4.78, 5) is 0. The highest BCUT2D eigenvalue weighted by atomic mass is 35.5. The van der Waals surface area contributed by atoms with Gasteiger partial charge >= 0.3 is 0 Å². The lowest BCUT2D eigenvalue weighted by Crippen LogP contribution is -2.20. The molecule has 1 N–H and O–H groups in total. The van der Waals surface area contributed by atoms with E-state index in [2.05, 4.69) is 11.6 Å². The summed E-state index contributed by atoms with van der Waals surface area (Å²) in [5, 5.41) is 3.94. The summed E-state index contributed by atoms with van der Waals surface area (Å²) in [6, 6.07) is 2.90. The van der Waals surface area contributed by atoms with Crippen molar-refractivity contribution in [3.8, 4) is 0 Å². The third-order valence-electron chi connectivity index (χ3n) is 2.98. The Morgan fingerprint density at radius 3 is 2.63 bits per heavy atom. The third-order valence-corrected chi connectivity index (χ3v) is 4.30. The van der Waals surface area contributed by atoms with Gasteiger partial charge in [-0.2, -0.15) is 11.8 Å². The molecule has 1 unspecified atom stereocenters. The van der Waals surface area contributed by atoms with Crippen LogP contribution in [0.3, 0.4) is 0 Å². The van der Waals surface area contributed by atoms with Gasteiger partial charge in [-0.05, 0) is 56.0 Å². The Kier molecular flexibility index (Phi) is 8.15. The van der Waals surface area contributed by atoms with Crippen LogP contribution >= 0.6 is 35.0 Å². The molecule has 0 fully saturated rings. The van der Waals surface area contributed by atoms with Crippen molar-refractivity contribution in [2.45, 2.75) is 32.2 Å². The zero-order valence-corrected chi connectivity index (χ0v) is 13.6. The van der Waals surface area contributed by atoms with Crippen LogP contribution in [0.15, 0.2) is 12.1 Å². The minimum atomic E-state index is -0.422. The molecule has 1 atom stereocenters. The number of rotatable bonds is 8.